The van der Waals surface area contributed by atoms with Gasteiger partial charge in [-0.3, -0.25) is 4.79 Å². The van der Waals surface area contributed by atoms with Crippen LogP contribution >= 0.6 is 0 Å². The van der Waals surface area contributed by atoms with E-state index in [2.05, 4.69) is 5.32 Å². The van der Waals surface area contributed by atoms with Gasteiger partial charge in [0.2, 0.25) is 0 Å². The smallest absolute Gasteiger partial charge is 0.167 e. The predicted octanol–water partition coefficient (Wildman–Crippen LogP) is 2.84. The summed E-state index contributed by atoms with van der Waals surface area (Å²) in [5, 5.41) is 12.8. The number of rotatable bonds is 4. The summed E-state index contributed by atoms with van der Waals surface area (Å²) in [6.45, 7) is 2.53. The molecule has 0 bridgehead atoms. The number of aromatic hydroxyl groups is 1. The molecule has 1 aliphatic heterocycles. The highest BCUT2D eigenvalue weighted by Crippen LogP contribution is 2.38. The molecule has 5 heteroatoms. The van der Waals surface area contributed by atoms with E-state index in [1.807, 2.05) is 0 Å². The van der Waals surface area contributed by atoms with E-state index in [9.17, 15) is 19.1 Å². The predicted molar refractivity (Wildman–Crippen MR) is 92.2 cm³/mol. The Kier molecular flexibility index (Phi) is 4.95. The second-order valence-electron chi connectivity index (χ2n) is 6.46. The van der Waals surface area contributed by atoms with E-state index in [0.717, 1.165) is 6.29 Å². The van der Waals surface area contributed by atoms with Gasteiger partial charge >= 0.3 is 0 Å². The molecule has 1 saturated heterocycles. The lowest BCUT2D eigenvalue weighted by molar-refractivity contribution is -0.112. The highest BCUT2D eigenvalue weighted by molar-refractivity contribution is 5.99. The van der Waals surface area contributed by atoms with Gasteiger partial charge in [-0.15, -0.1) is 0 Å². The van der Waals surface area contributed by atoms with Crippen molar-refractivity contribution in [2.24, 2.45) is 11.8 Å². The minimum absolute atomic E-state index is 0.0139. The zero-order valence-corrected chi connectivity index (χ0v) is 13.9. The van der Waals surface area contributed by atoms with E-state index in [1.54, 1.807) is 31.2 Å². The molecule has 0 aliphatic carbocycles. The molecule has 3 unspecified atom stereocenters. The fourth-order valence-electron chi connectivity index (χ4n) is 3.65. The highest BCUT2D eigenvalue weighted by atomic mass is 19.1. The molecule has 4 nitrogen and oxygen atoms in total. The molecule has 2 aromatic carbocycles. The van der Waals surface area contributed by atoms with Gasteiger partial charge in [0.1, 0.15) is 17.9 Å². The number of Topliss-reactive ketones (excluding diaryl/α,β-unsaturated/α-hetero) is 1. The molecule has 130 valence electrons. The zero-order chi connectivity index (χ0) is 18.0. The molecule has 0 amide bonds. The number of carbonyl (C=O) groups excluding carboxylic acids is 2. The SMILES string of the molecule is Cc1c(F)cccc1C1C(C=O)CNCC1C(=O)c1cccc(O)c1. The number of benzene rings is 2. The first-order valence-electron chi connectivity index (χ1n) is 8.27. The van der Waals surface area contributed by atoms with Crippen molar-refractivity contribution >= 4 is 12.1 Å². The summed E-state index contributed by atoms with van der Waals surface area (Å²) >= 11 is 0. The van der Waals surface area contributed by atoms with Crippen LogP contribution in [0.1, 0.15) is 27.4 Å². The average Bonchev–Trinajstić information content (AvgIpc) is 2.63. The molecule has 2 N–H and O–H groups in total. The van der Waals surface area contributed by atoms with Crippen LogP contribution in [0.25, 0.3) is 0 Å². The van der Waals surface area contributed by atoms with Crippen LogP contribution in [0.5, 0.6) is 5.75 Å². The highest BCUT2D eigenvalue weighted by Gasteiger charge is 2.39. The van der Waals surface area contributed by atoms with Crippen molar-refractivity contribution < 1.29 is 19.1 Å². The van der Waals surface area contributed by atoms with Crippen LogP contribution in [-0.4, -0.2) is 30.3 Å². The van der Waals surface area contributed by atoms with Crippen LogP contribution in [0.3, 0.4) is 0 Å². The fourth-order valence-corrected chi connectivity index (χ4v) is 3.65. The van der Waals surface area contributed by atoms with Crippen molar-refractivity contribution in [3.05, 3.63) is 65.0 Å². The maximum absolute atomic E-state index is 14.0. The summed E-state index contributed by atoms with van der Waals surface area (Å²) in [4.78, 5) is 24.6. The first kappa shape index (κ1) is 17.3. The van der Waals surface area contributed by atoms with Gasteiger partial charge in [-0.25, -0.2) is 4.39 Å². The van der Waals surface area contributed by atoms with E-state index < -0.39 is 17.8 Å². The number of piperidine rings is 1. The monoisotopic (exact) mass is 341 g/mol. The Labute approximate surface area is 145 Å². The number of halogens is 1. The third kappa shape index (κ3) is 3.33. The van der Waals surface area contributed by atoms with Gasteiger partial charge in [0.15, 0.2) is 5.78 Å². The minimum atomic E-state index is -0.508. The Balaban J connectivity index is 2.05. The molecule has 1 heterocycles. The number of aldehydes is 1. The Morgan fingerprint density at radius 2 is 2.00 bits per heavy atom. The number of hydrogen-bond donors (Lipinski definition) is 2. The summed E-state index contributed by atoms with van der Waals surface area (Å²) in [5.41, 5.74) is 1.55. The number of phenolic OH excluding ortho intramolecular Hbond substituents is 1. The van der Waals surface area contributed by atoms with Crippen molar-refractivity contribution in [3.63, 3.8) is 0 Å². The van der Waals surface area contributed by atoms with Crippen molar-refractivity contribution in [3.8, 4) is 5.75 Å². The van der Waals surface area contributed by atoms with Crippen LogP contribution < -0.4 is 5.32 Å². The van der Waals surface area contributed by atoms with Crippen LogP contribution in [0.2, 0.25) is 0 Å². The molecule has 0 radical (unpaired) electrons. The van der Waals surface area contributed by atoms with E-state index >= 15 is 0 Å². The maximum Gasteiger partial charge on any atom is 0.167 e. The van der Waals surface area contributed by atoms with Crippen LogP contribution in [0.15, 0.2) is 42.5 Å². The van der Waals surface area contributed by atoms with Gasteiger partial charge in [0.25, 0.3) is 0 Å². The van der Waals surface area contributed by atoms with Crippen LogP contribution in [-0.2, 0) is 4.79 Å². The van der Waals surface area contributed by atoms with Crippen molar-refractivity contribution in [1.29, 1.82) is 0 Å². The Bertz CT molecular complexity index is 805. The van der Waals surface area contributed by atoms with Crippen molar-refractivity contribution in [2.75, 3.05) is 13.1 Å². The summed E-state index contributed by atoms with van der Waals surface area (Å²) in [5.74, 6) is -1.82. The van der Waals surface area contributed by atoms with Gasteiger partial charge in [-0.1, -0.05) is 24.3 Å². The zero-order valence-electron chi connectivity index (χ0n) is 13.9. The Hall–Kier alpha value is -2.53. The standard InChI is InChI=1S/C20H20FNO3/c1-12-16(6-3-7-18(12)21)19-14(11-23)9-22-10-17(19)20(25)13-4-2-5-15(24)8-13/h2-8,11,14,17,19,22,24H,9-10H2,1H3. The molecule has 3 atom stereocenters. The van der Waals surface area contributed by atoms with E-state index in [-0.39, 0.29) is 17.3 Å². The Morgan fingerprint density at radius 3 is 2.72 bits per heavy atom. The van der Waals surface area contributed by atoms with Crippen molar-refractivity contribution in [2.45, 2.75) is 12.8 Å². The summed E-state index contributed by atoms with van der Waals surface area (Å²) in [7, 11) is 0. The molecule has 25 heavy (non-hydrogen) atoms. The first-order chi connectivity index (χ1) is 12.0. The summed E-state index contributed by atoms with van der Waals surface area (Å²) < 4.78 is 14.0. The third-order valence-electron chi connectivity index (χ3n) is 4.95. The quantitative estimate of drug-likeness (QED) is 0.663. The number of hydrogen-bond acceptors (Lipinski definition) is 4. The minimum Gasteiger partial charge on any atom is -0.508 e. The lowest BCUT2D eigenvalue weighted by atomic mass is 9.71. The van der Waals surface area contributed by atoms with Gasteiger partial charge < -0.3 is 15.2 Å². The fraction of sp³-hybridized carbons (Fsp3) is 0.300. The number of ketones is 1. The van der Waals surface area contributed by atoms with Gasteiger partial charge in [0, 0.05) is 36.4 Å². The van der Waals surface area contributed by atoms with Crippen LogP contribution in [0.4, 0.5) is 4.39 Å². The lowest BCUT2D eigenvalue weighted by Gasteiger charge is -2.36. The number of phenols is 1. The van der Waals surface area contributed by atoms with Crippen molar-refractivity contribution in [1.82, 2.24) is 5.32 Å². The summed E-state index contributed by atoms with van der Waals surface area (Å²) in [6.07, 6.45) is 0.837. The molecular formula is C20H20FNO3. The molecule has 3 rings (SSSR count). The molecule has 0 spiro atoms. The summed E-state index contributed by atoms with van der Waals surface area (Å²) in [6, 6.07) is 10.9. The van der Waals surface area contributed by atoms with Gasteiger partial charge in [-0.05, 0) is 36.2 Å². The van der Waals surface area contributed by atoms with E-state index in [0.29, 0.717) is 29.8 Å². The average molecular weight is 341 g/mol. The number of nitrogens with one attached hydrogen (secondary N) is 1. The van der Waals surface area contributed by atoms with Gasteiger partial charge in [-0.2, -0.15) is 0 Å². The third-order valence-corrected chi connectivity index (χ3v) is 4.95. The van der Waals surface area contributed by atoms with E-state index in [4.69, 9.17) is 0 Å². The topological polar surface area (TPSA) is 66.4 Å². The normalized spacial score (nSPS) is 23.2. The molecule has 0 aromatic heterocycles. The largest absolute Gasteiger partial charge is 0.508 e. The van der Waals surface area contributed by atoms with Crippen LogP contribution in [0, 0.1) is 24.6 Å². The van der Waals surface area contributed by atoms with Gasteiger partial charge in [0.05, 0.1) is 0 Å². The molecule has 1 aliphatic rings. The molecule has 0 saturated carbocycles. The second-order valence-corrected chi connectivity index (χ2v) is 6.46. The second kappa shape index (κ2) is 7.15. The first-order valence-corrected chi connectivity index (χ1v) is 8.27. The Morgan fingerprint density at radius 1 is 1.24 bits per heavy atom. The van der Waals surface area contributed by atoms with E-state index in [1.165, 1.54) is 18.2 Å². The molecular weight excluding hydrogens is 321 g/mol. The number of carbonyl (C=O) groups is 2. The lowest BCUT2D eigenvalue weighted by Crippen LogP contribution is -2.46. The molecule has 2 aromatic rings. The molecule has 1 fully saturated rings. The maximum atomic E-state index is 14.0.